The summed E-state index contributed by atoms with van der Waals surface area (Å²) < 4.78 is 1.12. The number of carbonyl (C=O) groups is 1. The summed E-state index contributed by atoms with van der Waals surface area (Å²) in [5.41, 5.74) is 1.60. The maximum absolute atomic E-state index is 12.6. The second-order valence-corrected chi connectivity index (χ2v) is 7.68. The average molecular weight is 486 g/mol. The Morgan fingerprint density at radius 1 is 0.964 bits per heavy atom. The van der Waals surface area contributed by atoms with Gasteiger partial charge in [-0.1, -0.05) is 0 Å². The highest BCUT2D eigenvalue weighted by Crippen LogP contribution is 2.18. The number of nitrogens with one attached hydrogen (secondary N) is 1. The van der Waals surface area contributed by atoms with Gasteiger partial charge in [0.15, 0.2) is 11.6 Å². The van der Waals surface area contributed by atoms with Gasteiger partial charge >= 0.3 is 0 Å². The van der Waals surface area contributed by atoms with E-state index in [0.717, 1.165) is 33.7 Å². The van der Waals surface area contributed by atoms with Crippen LogP contribution in [0.4, 0.5) is 17.3 Å². The van der Waals surface area contributed by atoms with Crippen LogP contribution in [-0.4, -0.2) is 52.2 Å². The first kappa shape index (κ1) is 18.6. The quantitative estimate of drug-likeness (QED) is 0.572. The zero-order valence-corrected chi connectivity index (χ0v) is 17.3. The van der Waals surface area contributed by atoms with Gasteiger partial charge in [0.1, 0.15) is 0 Å². The summed E-state index contributed by atoms with van der Waals surface area (Å²) in [6.07, 6.45) is 3.46. The van der Waals surface area contributed by atoms with Gasteiger partial charge in [-0.15, -0.1) is 10.2 Å². The Kier molecular flexibility index (Phi) is 5.65. The molecule has 1 aliphatic heterocycles. The molecule has 3 heterocycles. The van der Waals surface area contributed by atoms with E-state index in [1.165, 1.54) is 0 Å². The highest BCUT2D eigenvalue weighted by Gasteiger charge is 2.23. The maximum Gasteiger partial charge on any atom is 0.253 e. The molecule has 0 radical (unpaired) electrons. The molecule has 0 aliphatic carbocycles. The molecule has 142 valence electrons. The van der Waals surface area contributed by atoms with Crippen molar-refractivity contribution >= 4 is 45.8 Å². The summed E-state index contributed by atoms with van der Waals surface area (Å²) in [6.45, 7) is 2.81. The van der Waals surface area contributed by atoms with Crippen molar-refractivity contribution in [3.05, 3.63) is 70.1 Å². The van der Waals surface area contributed by atoms with Crippen LogP contribution in [-0.2, 0) is 0 Å². The van der Waals surface area contributed by atoms with E-state index in [2.05, 4.69) is 48.0 Å². The number of anilines is 3. The number of benzene rings is 1. The molecule has 1 saturated heterocycles. The largest absolute Gasteiger partial charge is 0.352 e. The monoisotopic (exact) mass is 486 g/mol. The second kappa shape index (κ2) is 8.51. The van der Waals surface area contributed by atoms with Crippen LogP contribution in [0.2, 0.25) is 0 Å². The molecule has 28 heavy (non-hydrogen) atoms. The minimum atomic E-state index is 0.0816. The predicted molar refractivity (Wildman–Crippen MR) is 117 cm³/mol. The van der Waals surface area contributed by atoms with Gasteiger partial charge in [-0.05, 0) is 71.1 Å². The lowest BCUT2D eigenvalue weighted by Crippen LogP contribution is -2.49. The molecule has 2 aromatic heterocycles. The first-order valence-electron chi connectivity index (χ1n) is 8.99. The number of nitrogens with zero attached hydrogens (tertiary/aromatic N) is 5. The molecule has 1 N–H and O–H groups in total. The molecule has 3 aromatic rings. The van der Waals surface area contributed by atoms with Crippen LogP contribution in [0.5, 0.6) is 0 Å². The van der Waals surface area contributed by atoms with Crippen molar-refractivity contribution in [3.63, 3.8) is 0 Å². The zero-order chi connectivity index (χ0) is 19.3. The number of hydrogen-bond acceptors (Lipinski definition) is 6. The van der Waals surface area contributed by atoms with E-state index < -0.39 is 0 Å². The van der Waals surface area contributed by atoms with E-state index in [4.69, 9.17) is 0 Å². The third-order valence-electron chi connectivity index (χ3n) is 4.57. The van der Waals surface area contributed by atoms with Crippen LogP contribution in [0.3, 0.4) is 0 Å². The van der Waals surface area contributed by atoms with E-state index in [1.807, 2.05) is 53.4 Å². The molecule has 0 spiro atoms. The van der Waals surface area contributed by atoms with Gasteiger partial charge in [0.05, 0.1) is 11.9 Å². The van der Waals surface area contributed by atoms with Crippen LogP contribution >= 0.6 is 22.6 Å². The minimum absolute atomic E-state index is 0.0816. The van der Waals surface area contributed by atoms with Crippen molar-refractivity contribution in [2.45, 2.75) is 0 Å². The molecule has 0 bridgehead atoms. The van der Waals surface area contributed by atoms with E-state index in [9.17, 15) is 4.79 Å². The van der Waals surface area contributed by atoms with Gasteiger partial charge in [0.2, 0.25) is 0 Å². The number of halogens is 1. The third kappa shape index (κ3) is 4.38. The lowest BCUT2D eigenvalue weighted by molar-refractivity contribution is 0.0746. The first-order valence-corrected chi connectivity index (χ1v) is 10.1. The number of hydrogen-bond donors (Lipinski definition) is 1. The number of carbonyl (C=O) groups excluding carboxylic acids is 1. The Morgan fingerprint density at radius 3 is 2.39 bits per heavy atom. The highest BCUT2D eigenvalue weighted by atomic mass is 127. The molecule has 1 fully saturated rings. The lowest BCUT2D eigenvalue weighted by atomic mass is 10.2. The van der Waals surface area contributed by atoms with Crippen LogP contribution in [0, 0.1) is 3.57 Å². The summed E-state index contributed by atoms with van der Waals surface area (Å²) in [5, 5.41) is 11.7. The van der Waals surface area contributed by atoms with Gasteiger partial charge in [-0.3, -0.25) is 9.78 Å². The fraction of sp³-hybridized carbons (Fsp3) is 0.200. The summed E-state index contributed by atoms with van der Waals surface area (Å²) >= 11 is 2.24. The van der Waals surface area contributed by atoms with Crippen LogP contribution in [0.15, 0.2) is 60.9 Å². The van der Waals surface area contributed by atoms with Gasteiger partial charge in [-0.25, -0.2) is 0 Å². The lowest BCUT2D eigenvalue weighted by Gasteiger charge is -2.35. The fourth-order valence-electron chi connectivity index (χ4n) is 3.06. The molecule has 0 atom stereocenters. The van der Waals surface area contributed by atoms with Crippen molar-refractivity contribution < 1.29 is 4.79 Å². The second-order valence-electron chi connectivity index (χ2n) is 6.43. The summed E-state index contributed by atoms with van der Waals surface area (Å²) in [5.74, 6) is 1.57. The average Bonchev–Trinajstić information content (AvgIpc) is 2.75. The topological polar surface area (TPSA) is 74.2 Å². The van der Waals surface area contributed by atoms with E-state index in [0.29, 0.717) is 18.9 Å². The molecule has 0 unspecified atom stereocenters. The molecule has 7 nitrogen and oxygen atoms in total. The summed E-state index contributed by atoms with van der Waals surface area (Å²) in [6, 6.07) is 15.3. The Bertz CT molecular complexity index is 925. The van der Waals surface area contributed by atoms with Crippen LogP contribution < -0.4 is 10.2 Å². The predicted octanol–water partition coefficient (Wildman–Crippen LogP) is 3.18. The minimum Gasteiger partial charge on any atom is -0.352 e. The molecule has 8 heteroatoms. The van der Waals surface area contributed by atoms with Crippen molar-refractivity contribution in [1.29, 1.82) is 0 Å². The van der Waals surface area contributed by atoms with E-state index in [-0.39, 0.29) is 5.91 Å². The first-order chi connectivity index (χ1) is 13.7. The zero-order valence-electron chi connectivity index (χ0n) is 15.1. The van der Waals surface area contributed by atoms with Crippen LogP contribution in [0.1, 0.15) is 10.4 Å². The summed E-state index contributed by atoms with van der Waals surface area (Å²) in [4.78, 5) is 20.7. The fourth-order valence-corrected chi connectivity index (χ4v) is 3.42. The van der Waals surface area contributed by atoms with Crippen molar-refractivity contribution in [1.82, 2.24) is 20.1 Å². The van der Waals surface area contributed by atoms with Crippen molar-refractivity contribution in [2.75, 3.05) is 36.4 Å². The number of rotatable bonds is 4. The molecule has 0 saturated carbocycles. The SMILES string of the molecule is O=C(c1ccc(I)cc1)N1CCN(c2ccc(Nc3cccnc3)nn2)CC1. The molecule has 4 rings (SSSR count). The normalized spacial score (nSPS) is 14.0. The maximum atomic E-state index is 12.6. The third-order valence-corrected chi connectivity index (χ3v) is 5.29. The van der Waals surface area contributed by atoms with E-state index in [1.54, 1.807) is 12.4 Å². The van der Waals surface area contributed by atoms with E-state index >= 15 is 0 Å². The Morgan fingerprint density at radius 2 is 1.75 bits per heavy atom. The Labute approximate surface area is 176 Å². The van der Waals surface area contributed by atoms with Crippen molar-refractivity contribution in [3.8, 4) is 0 Å². The smallest absolute Gasteiger partial charge is 0.253 e. The molecular weight excluding hydrogens is 467 g/mol. The Balaban J connectivity index is 1.34. The molecule has 1 aromatic carbocycles. The van der Waals surface area contributed by atoms with Gasteiger partial charge < -0.3 is 15.1 Å². The number of piperazine rings is 1. The molecular formula is C20H19IN6O. The molecule has 1 aliphatic rings. The number of amides is 1. The number of aromatic nitrogens is 3. The van der Waals surface area contributed by atoms with Crippen LogP contribution in [0.25, 0.3) is 0 Å². The van der Waals surface area contributed by atoms with Crippen molar-refractivity contribution in [2.24, 2.45) is 0 Å². The van der Waals surface area contributed by atoms with Gasteiger partial charge in [0, 0.05) is 41.5 Å². The summed E-state index contributed by atoms with van der Waals surface area (Å²) in [7, 11) is 0. The highest BCUT2D eigenvalue weighted by molar-refractivity contribution is 14.1. The number of pyridine rings is 1. The standard InChI is InChI=1S/C20H19IN6O/c21-16-5-3-15(4-6-16)20(28)27-12-10-26(11-13-27)19-8-7-18(24-25-19)23-17-2-1-9-22-14-17/h1-9,14H,10-13H2,(H,23,24). The Hall–Kier alpha value is -2.75. The van der Waals surface area contributed by atoms with Gasteiger partial charge in [0.25, 0.3) is 5.91 Å². The molecule has 1 amide bonds. The van der Waals surface area contributed by atoms with Gasteiger partial charge in [-0.2, -0.15) is 0 Å².